The maximum Gasteiger partial charge on any atom is 0.218 e. The van der Waals surface area contributed by atoms with Gasteiger partial charge in [0, 0.05) is 17.3 Å². The van der Waals surface area contributed by atoms with Crippen molar-refractivity contribution in [1.82, 2.24) is 14.3 Å². The highest BCUT2D eigenvalue weighted by atomic mass is 35.5. The SMILES string of the molecule is Cc1cccc(Nc2cccc([C@@H]3CCCN3S(=O)(=O)Cc3cccc(Cl)c3)n2)n1. The van der Waals surface area contributed by atoms with E-state index in [1.807, 2.05) is 43.3 Å². The number of halogens is 1. The van der Waals surface area contributed by atoms with Gasteiger partial charge in [0.05, 0.1) is 17.5 Å². The van der Waals surface area contributed by atoms with E-state index in [4.69, 9.17) is 11.6 Å². The van der Waals surface area contributed by atoms with Gasteiger partial charge < -0.3 is 5.32 Å². The fourth-order valence-electron chi connectivity index (χ4n) is 3.74. The molecule has 1 aliphatic rings. The van der Waals surface area contributed by atoms with Crippen LogP contribution >= 0.6 is 11.6 Å². The lowest BCUT2D eigenvalue weighted by Gasteiger charge is -2.24. The average Bonchev–Trinajstić information content (AvgIpc) is 3.19. The Labute approximate surface area is 182 Å². The molecule has 156 valence electrons. The number of benzene rings is 1. The molecule has 30 heavy (non-hydrogen) atoms. The molecule has 8 heteroatoms. The molecule has 1 atom stereocenters. The van der Waals surface area contributed by atoms with Crippen LogP contribution in [0.25, 0.3) is 0 Å². The molecule has 0 amide bonds. The molecular weight excluding hydrogens is 420 g/mol. The topological polar surface area (TPSA) is 75.2 Å². The first-order valence-electron chi connectivity index (χ1n) is 9.82. The summed E-state index contributed by atoms with van der Waals surface area (Å²) in [6, 6.07) is 18.1. The second-order valence-corrected chi connectivity index (χ2v) is 9.75. The zero-order valence-electron chi connectivity index (χ0n) is 16.6. The van der Waals surface area contributed by atoms with Gasteiger partial charge in [-0.1, -0.05) is 35.9 Å². The molecule has 3 aromatic rings. The first-order chi connectivity index (χ1) is 14.4. The van der Waals surface area contributed by atoms with Gasteiger partial charge in [0.1, 0.15) is 11.6 Å². The van der Waals surface area contributed by atoms with Crippen molar-refractivity contribution in [3.8, 4) is 0 Å². The van der Waals surface area contributed by atoms with Crippen LogP contribution in [0.15, 0.2) is 60.7 Å². The maximum absolute atomic E-state index is 13.1. The maximum atomic E-state index is 13.1. The Bertz CT molecular complexity index is 1150. The molecule has 3 heterocycles. The molecule has 0 unspecified atom stereocenters. The van der Waals surface area contributed by atoms with E-state index in [2.05, 4.69) is 15.3 Å². The number of hydrogen-bond donors (Lipinski definition) is 1. The molecule has 1 fully saturated rings. The first-order valence-corrected chi connectivity index (χ1v) is 11.8. The van der Waals surface area contributed by atoms with Crippen LogP contribution in [0.4, 0.5) is 11.6 Å². The molecule has 4 rings (SSSR count). The van der Waals surface area contributed by atoms with Crippen LogP contribution in [-0.2, 0) is 15.8 Å². The van der Waals surface area contributed by atoms with Crippen molar-refractivity contribution in [3.05, 3.63) is 82.6 Å². The lowest BCUT2D eigenvalue weighted by atomic mass is 10.1. The van der Waals surface area contributed by atoms with E-state index in [1.165, 1.54) is 0 Å². The van der Waals surface area contributed by atoms with Crippen molar-refractivity contribution in [3.63, 3.8) is 0 Å². The Balaban J connectivity index is 1.56. The van der Waals surface area contributed by atoms with Crippen LogP contribution < -0.4 is 5.32 Å². The van der Waals surface area contributed by atoms with Gasteiger partial charge in [0.2, 0.25) is 10.0 Å². The summed E-state index contributed by atoms with van der Waals surface area (Å²) in [5.74, 6) is 1.27. The number of hydrogen-bond acceptors (Lipinski definition) is 5. The standard InChI is InChI=1S/C22H23ClN4O2S/c1-16-6-2-11-21(24-16)26-22-12-4-9-19(25-22)20-10-5-13-27(20)30(28,29)15-17-7-3-8-18(23)14-17/h2-4,6-9,11-12,14,20H,5,10,13,15H2,1H3,(H,24,25,26)/t20-/m0/s1. The van der Waals surface area contributed by atoms with E-state index in [0.717, 1.165) is 24.2 Å². The summed E-state index contributed by atoms with van der Waals surface area (Å²) in [5, 5.41) is 3.74. The number of aromatic nitrogens is 2. The second kappa shape index (κ2) is 8.71. The van der Waals surface area contributed by atoms with E-state index >= 15 is 0 Å². The summed E-state index contributed by atoms with van der Waals surface area (Å²) in [6.45, 7) is 2.42. The fraction of sp³-hybridized carbons (Fsp3) is 0.273. The van der Waals surface area contributed by atoms with Crippen LogP contribution in [0.1, 0.15) is 35.8 Å². The highest BCUT2D eigenvalue weighted by Gasteiger charge is 2.36. The fourth-order valence-corrected chi connectivity index (χ4v) is 5.73. The molecule has 0 spiro atoms. The Morgan fingerprint density at radius 1 is 1.07 bits per heavy atom. The van der Waals surface area contributed by atoms with Crippen LogP contribution in [-0.4, -0.2) is 29.2 Å². The zero-order chi connectivity index (χ0) is 21.1. The van der Waals surface area contributed by atoms with E-state index < -0.39 is 10.0 Å². The quantitative estimate of drug-likeness (QED) is 0.590. The van der Waals surface area contributed by atoms with Crippen molar-refractivity contribution < 1.29 is 8.42 Å². The molecule has 0 aliphatic carbocycles. The molecule has 1 N–H and O–H groups in total. The smallest absolute Gasteiger partial charge is 0.218 e. The molecule has 2 aromatic heterocycles. The summed E-state index contributed by atoms with van der Waals surface area (Å²) >= 11 is 6.02. The van der Waals surface area contributed by atoms with Gasteiger partial charge in [-0.15, -0.1) is 0 Å². The van der Waals surface area contributed by atoms with Gasteiger partial charge in [0.15, 0.2) is 0 Å². The minimum atomic E-state index is -3.50. The number of rotatable bonds is 6. The monoisotopic (exact) mass is 442 g/mol. The molecular formula is C22H23ClN4O2S. The number of sulfonamides is 1. The average molecular weight is 443 g/mol. The highest BCUT2D eigenvalue weighted by Crippen LogP contribution is 2.35. The summed E-state index contributed by atoms with van der Waals surface area (Å²) in [4.78, 5) is 9.12. The normalized spacial score (nSPS) is 17.2. The first kappa shape index (κ1) is 20.8. The zero-order valence-corrected chi connectivity index (χ0v) is 18.2. The van der Waals surface area contributed by atoms with E-state index in [0.29, 0.717) is 28.8 Å². The summed E-state index contributed by atoms with van der Waals surface area (Å²) in [6.07, 6.45) is 1.55. The molecule has 1 saturated heterocycles. The summed E-state index contributed by atoms with van der Waals surface area (Å²) in [5.41, 5.74) is 2.33. The lowest BCUT2D eigenvalue weighted by Crippen LogP contribution is -2.32. The Morgan fingerprint density at radius 2 is 1.80 bits per heavy atom. The summed E-state index contributed by atoms with van der Waals surface area (Å²) in [7, 11) is -3.50. The molecule has 0 saturated carbocycles. The van der Waals surface area contributed by atoms with Crippen LogP contribution in [0.2, 0.25) is 5.02 Å². The minimum absolute atomic E-state index is 0.0742. The van der Waals surface area contributed by atoms with Crippen molar-refractivity contribution >= 4 is 33.3 Å². The van der Waals surface area contributed by atoms with Gasteiger partial charge in [-0.3, -0.25) is 0 Å². The predicted octanol–water partition coefficient (Wildman–Crippen LogP) is 4.85. The number of pyridine rings is 2. The van der Waals surface area contributed by atoms with Crippen molar-refractivity contribution in [2.45, 2.75) is 31.6 Å². The lowest BCUT2D eigenvalue weighted by molar-refractivity contribution is 0.390. The second-order valence-electron chi connectivity index (χ2n) is 7.39. The van der Waals surface area contributed by atoms with Crippen LogP contribution in [0.3, 0.4) is 0 Å². The van der Waals surface area contributed by atoms with Crippen molar-refractivity contribution in [2.75, 3.05) is 11.9 Å². The van der Waals surface area contributed by atoms with E-state index in [9.17, 15) is 8.42 Å². The Morgan fingerprint density at radius 3 is 2.57 bits per heavy atom. The molecule has 1 aliphatic heterocycles. The van der Waals surface area contributed by atoms with Gasteiger partial charge >= 0.3 is 0 Å². The molecule has 6 nitrogen and oxygen atoms in total. The molecule has 1 aromatic carbocycles. The summed E-state index contributed by atoms with van der Waals surface area (Å²) < 4.78 is 27.9. The van der Waals surface area contributed by atoms with E-state index in [-0.39, 0.29) is 11.8 Å². The minimum Gasteiger partial charge on any atom is -0.325 e. The van der Waals surface area contributed by atoms with Gasteiger partial charge in [0.25, 0.3) is 0 Å². The molecule has 0 radical (unpaired) electrons. The van der Waals surface area contributed by atoms with Crippen LogP contribution in [0.5, 0.6) is 0 Å². The number of anilines is 2. The van der Waals surface area contributed by atoms with Gasteiger partial charge in [-0.05, 0) is 61.7 Å². The Hall–Kier alpha value is -2.48. The molecule has 0 bridgehead atoms. The largest absolute Gasteiger partial charge is 0.325 e. The van der Waals surface area contributed by atoms with Crippen molar-refractivity contribution in [1.29, 1.82) is 0 Å². The van der Waals surface area contributed by atoms with E-state index in [1.54, 1.807) is 28.6 Å². The third-order valence-electron chi connectivity index (χ3n) is 5.06. The Kier molecular flexibility index (Phi) is 6.04. The van der Waals surface area contributed by atoms with Crippen LogP contribution in [0, 0.1) is 6.92 Å². The van der Waals surface area contributed by atoms with Crippen molar-refractivity contribution in [2.24, 2.45) is 0 Å². The number of aryl methyl sites for hydroxylation is 1. The highest BCUT2D eigenvalue weighted by molar-refractivity contribution is 7.88. The van der Waals surface area contributed by atoms with Gasteiger partial charge in [-0.2, -0.15) is 4.31 Å². The third kappa shape index (κ3) is 4.80. The number of nitrogens with one attached hydrogen (secondary N) is 1. The number of nitrogens with zero attached hydrogens (tertiary/aromatic N) is 3. The predicted molar refractivity (Wildman–Crippen MR) is 119 cm³/mol. The van der Waals surface area contributed by atoms with Gasteiger partial charge in [-0.25, -0.2) is 18.4 Å². The third-order valence-corrected chi connectivity index (χ3v) is 7.14.